The Bertz CT molecular complexity index is 574. The molecule has 0 radical (unpaired) electrons. The molecule has 21 heavy (non-hydrogen) atoms. The highest BCUT2D eigenvalue weighted by Gasteiger charge is 2.15. The second kappa shape index (κ2) is 6.77. The summed E-state index contributed by atoms with van der Waals surface area (Å²) in [6.07, 6.45) is 0. The molecule has 0 aliphatic carbocycles. The molecule has 1 rings (SSSR count). The van der Waals surface area contributed by atoms with Crippen molar-refractivity contribution in [1.29, 1.82) is 0 Å². The van der Waals surface area contributed by atoms with Crippen LogP contribution in [0.1, 0.15) is 46.1 Å². The molecule has 0 heterocycles. The standard InChI is InChI=1S/C15H25NO4S/c1-11(2)13-10-12(21(16,17)18)6-7-14(13)19-8-9-20-15(3,4)5/h6-7,10-11H,8-9H2,1-5H3,(H2,16,17,18). The number of sulfonamides is 1. The smallest absolute Gasteiger partial charge is 0.238 e. The van der Waals surface area contributed by atoms with E-state index in [9.17, 15) is 8.42 Å². The van der Waals surface area contributed by atoms with Gasteiger partial charge in [-0.2, -0.15) is 0 Å². The number of benzene rings is 1. The normalized spacial score (nSPS) is 12.7. The first-order chi connectivity index (χ1) is 9.50. The Hall–Kier alpha value is -1.11. The van der Waals surface area contributed by atoms with Crippen LogP contribution >= 0.6 is 0 Å². The van der Waals surface area contributed by atoms with Gasteiger partial charge >= 0.3 is 0 Å². The summed E-state index contributed by atoms with van der Waals surface area (Å²) < 4.78 is 34.1. The van der Waals surface area contributed by atoms with Crippen LogP contribution in [0.3, 0.4) is 0 Å². The molecule has 0 saturated carbocycles. The maximum atomic E-state index is 11.4. The lowest BCUT2D eigenvalue weighted by molar-refractivity contribution is -0.0164. The molecule has 5 nitrogen and oxygen atoms in total. The first-order valence-electron chi connectivity index (χ1n) is 6.94. The lowest BCUT2D eigenvalue weighted by atomic mass is 10.0. The molecule has 0 aromatic heterocycles. The zero-order valence-corrected chi connectivity index (χ0v) is 14.2. The maximum absolute atomic E-state index is 11.4. The van der Waals surface area contributed by atoms with Crippen LogP contribution in [0.2, 0.25) is 0 Å². The van der Waals surface area contributed by atoms with Crippen molar-refractivity contribution in [3.63, 3.8) is 0 Å². The van der Waals surface area contributed by atoms with Gasteiger partial charge in [-0.05, 0) is 50.5 Å². The Kier molecular flexibility index (Phi) is 5.78. The summed E-state index contributed by atoms with van der Waals surface area (Å²) in [6.45, 7) is 10.8. The SMILES string of the molecule is CC(C)c1cc(S(N)(=O)=O)ccc1OCCOC(C)(C)C. The molecule has 2 N–H and O–H groups in total. The van der Waals surface area contributed by atoms with Gasteiger partial charge in [0.05, 0.1) is 17.1 Å². The predicted octanol–water partition coefficient (Wildman–Crippen LogP) is 2.65. The molecule has 0 bridgehead atoms. The quantitative estimate of drug-likeness (QED) is 0.819. The minimum Gasteiger partial charge on any atom is -0.491 e. The molecular weight excluding hydrogens is 290 g/mol. The Labute approximate surface area is 127 Å². The first-order valence-corrected chi connectivity index (χ1v) is 8.49. The van der Waals surface area contributed by atoms with E-state index in [0.717, 1.165) is 5.56 Å². The third-order valence-electron chi connectivity index (χ3n) is 2.81. The van der Waals surface area contributed by atoms with Crippen LogP contribution < -0.4 is 9.88 Å². The fourth-order valence-corrected chi connectivity index (χ4v) is 2.33. The van der Waals surface area contributed by atoms with Crippen molar-refractivity contribution in [3.05, 3.63) is 23.8 Å². The van der Waals surface area contributed by atoms with E-state index in [2.05, 4.69) is 0 Å². The van der Waals surface area contributed by atoms with Crippen molar-refractivity contribution in [2.24, 2.45) is 5.14 Å². The molecule has 0 spiro atoms. The van der Waals surface area contributed by atoms with Crippen molar-refractivity contribution in [3.8, 4) is 5.75 Å². The molecule has 0 fully saturated rings. The summed E-state index contributed by atoms with van der Waals surface area (Å²) in [5, 5.41) is 5.16. The van der Waals surface area contributed by atoms with Crippen molar-refractivity contribution in [1.82, 2.24) is 0 Å². The third kappa shape index (κ3) is 6.03. The summed E-state index contributed by atoms with van der Waals surface area (Å²) >= 11 is 0. The summed E-state index contributed by atoms with van der Waals surface area (Å²) in [5.41, 5.74) is 0.610. The third-order valence-corrected chi connectivity index (χ3v) is 3.72. The van der Waals surface area contributed by atoms with Crippen molar-refractivity contribution < 1.29 is 17.9 Å². The zero-order valence-electron chi connectivity index (χ0n) is 13.3. The van der Waals surface area contributed by atoms with E-state index in [0.29, 0.717) is 19.0 Å². The van der Waals surface area contributed by atoms with Gasteiger partial charge in [0.2, 0.25) is 10.0 Å². The summed E-state index contributed by atoms with van der Waals surface area (Å²) in [4.78, 5) is 0.101. The fourth-order valence-electron chi connectivity index (χ4n) is 1.79. The number of hydrogen-bond donors (Lipinski definition) is 1. The van der Waals surface area contributed by atoms with Gasteiger partial charge in [0.25, 0.3) is 0 Å². The number of ether oxygens (including phenoxy) is 2. The molecule has 0 amide bonds. The first kappa shape index (κ1) is 17.9. The number of primary sulfonamides is 1. The molecule has 0 aliphatic heterocycles. The van der Waals surface area contributed by atoms with Crippen molar-refractivity contribution in [2.75, 3.05) is 13.2 Å². The maximum Gasteiger partial charge on any atom is 0.238 e. The second-order valence-corrected chi connectivity index (χ2v) is 7.77. The number of nitrogens with two attached hydrogens (primary N) is 1. The van der Waals surface area contributed by atoms with Crippen LogP contribution in [0.4, 0.5) is 0 Å². The van der Waals surface area contributed by atoms with E-state index in [4.69, 9.17) is 14.6 Å². The molecule has 0 aliphatic rings. The van der Waals surface area contributed by atoms with Gasteiger partial charge < -0.3 is 9.47 Å². The van der Waals surface area contributed by atoms with Crippen molar-refractivity contribution >= 4 is 10.0 Å². The minimum atomic E-state index is -3.70. The fraction of sp³-hybridized carbons (Fsp3) is 0.600. The lowest BCUT2D eigenvalue weighted by Crippen LogP contribution is -2.22. The van der Waals surface area contributed by atoms with E-state index < -0.39 is 10.0 Å². The molecule has 1 aromatic carbocycles. The van der Waals surface area contributed by atoms with Gasteiger partial charge in [-0.1, -0.05) is 13.8 Å². The van der Waals surface area contributed by atoms with E-state index in [1.54, 1.807) is 12.1 Å². The van der Waals surface area contributed by atoms with E-state index in [1.807, 2.05) is 34.6 Å². The Morgan fingerprint density at radius 1 is 1.19 bits per heavy atom. The molecule has 0 atom stereocenters. The van der Waals surface area contributed by atoms with Gasteiger partial charge in [-0.3, -0.25) is 0 Å². The minimum absolute atomic E-state index is 0.101. The highest BCUT2D eigenvalue weighted by molar-refractivity contribution is 7.89. The number of hydrogen-bond acceptors (Lipinski definition) is 4. The van der Waals surface area contributed by atoms with Crippen LogP contribution in [0.25, 0.3) is 0 Å². The van der Waals surface area contributed by atoms with Crippen LogP contribution in [0, 0.1) is 0 Å². The summed E-state index contributed by atoms with van der Waals surface area (Å²) in [7, 11) is -3.70. The summed E-state index contributed by atoms with van der Waals surface area (Å²) in [6, 6.07) is 4.67. The van der Waals surface area contributed by atoms with E-state index >= 15 is 0 Å². The van der Waals surface area contributed by atoms with Gasteiger partial charge in [-0.15, -0.1) is 0 Å². The van der Waals surface area contributed by atoms with Crippen LogP contribution in [0.5, 0.6) is 5.75 Å². The molecular formula is C15H25NO4S. The highest BCUT2D eigenvalue weighted by Crippen LogP contribution is 2.28. The lowest BCUT2D eigenvalue weighted by Gasteiger charge is -2.20. The predicted molar refractivity (Wildman–Crippen MR) is 83.1 cm³/mol. The summed E-state index contributed by atoms with van der Waals surface area (Å²) in [5.74, 6) is 0.792. The molecule has 6 heteroatoms. The van der Waals surface area contributed by atoms with Gasteiger partial charge in [0.15, 0.2) is 0 Å². The molecule has 0 saturated heterocycles. The molecule has 120 valence electrons. The van der Waals surface area contributed by atoms with Gasteiger partial charge in [0.1, 0.15) is 12.4 Å². The Morgan fingerprint density at radius 2 is 1.81 bits per heavy atom. The van der Waals surface area contributed by atoms with Gasteiger partial charge in [0, 0.05) is 0 Å². The Morgan fingerprint density at radius 3 is 2.29 bits per heavy atom. The monoisotopic (exact) mass is 315 g/mol. The Balaban J connectivity index is 2.83. The zero-order chi connectivity index (χ0) is 16.3. The second-order valence-electron chi connectivity index (χ2n) is 6.21. The average molecular weight is 315 g/mol. The molecule has 1 aromatic rings. The highest BCUT2D eigenvalue weighted by atomic mass is 32.2. The molecule has 0 unspecified atom stereocenters. The van der Waals surface area contributed by atoms with E-state index in [-0.39, 0.29) is 16.4 Å². The average Bonchev–Trinajstić information content (AvgIpc) is 2.32. The van der Waals surface area contributed by atoms with Crippen LogP contribution in [0.15, 0.2) is 23.1 Å². The van der Waals surface area contributed by atoms with Crippen molar-refractivity contribution in [2.45, 2.75) is 51.0 Å². The van der Waals surface area contributed by atoms with Crippen LogP contribution in [-0.2, 0) is 14.8 Å². The largest absolute Gasteiger partial charge is 0.491 e. The van der Waals surface area contributed by atoms with Crippen LogP contribution in [-0.4, -0.2) is 27.2 Å². The number of rotatable bonds is 6. The topological polar surface area (TPSA) is 78.6 Å². The van der Waals surface area contributed by atoms with E-state index in [1.165, 1.54) is 6.07 Å². The van der Waals surface area contributed by atoms with Gasteiger partial charge in [-0.25, -0.2) is 13.6 Å².